The molecule has 1 aromatic rings. The van der Waals surface area contributed by atoms with Gasteiger partial charge in [-0.15, -0.1) is 0 Å². The van der Waals surface area contributed by atoms with E-state index in [-0.39, 0.29) is 18.4 Å². The lowest BCUT2D eigenvalue weighted by molar-refractivity contribution is -0.146. The predicted molar refractivity (Wildman–Crippen MR) is 89.5 cm³/mol. The Morgan fingerprint density at radius 1 is 1.11 bits per heavy atom. The molecule has 0 heterocycles. The van der Waals surface area contributed by atoms with Crippen molar-refractivity contribution in [2.45, 2.75) is 51.4 Å². The first-order chi connectivity index (χ1) is 12.7. The molecule has 0 radical (unpaired) electrons. The van der Waals surface area contributed by atoms with E-state index in [9.17, 15) is 31.5 Å². The predicted octanol–water partition coefficient (Wildman–Crippen LogP) is 4.32. The number of ether oxygens (including phenoxy) is 2. The van der Waals surface area contributed by atoms with Gasteiger partial charge in [0.2, 0.25) is 0 Å². The molecule has 1 rings (SSSR count). The van der Waals surface area contributed by atoms with Crippen molar-refractivity contribution in [2.24, 2.45) is 0 Å². The number of rotatable bonds is 5. The monoisotopic (exact) mass is 411 g/mol. The van der Waals surface area contributed by atoms with E-state index >= 15 is 0 Å². The number of alkyl halides is 3. The molecule has 0 fully saturated rings. The summed E-state index contributed by atoms with van der Waals surface area (Å²) in [5.74, 6) is -4.31. The standard InChI is InChI=1S/C18H22F5NO4/c1-17(2,3)28-16(26)24(4)13(15(25)27-5)7-6-10-8-11(19)14(12(20)9-10)18(21,22)23/h8-9,13H,6-7H2,1-5H3. The summed E-state index contributed by atoms with van der Waals surface area (Å²) < 4.78 is 75.1. The third-order valence-electron chi connectivity index (χ3n) is 3.71. The first-order valence-corrected chi connectivity index (χ1v) is 8.26. The summed E-state index contributed by atoms with van der Waals surface area (Å²) in [5.41, 5.74) is -2.91. The summed E-state index contributed by atoms with van der Waals surface area (Å²) in [5, 5.41) is 0. The van der Waals surface area contributed by atoms with Gasteiger partial charge in [0.1, 0.15) is 28.8 Å². The Labute approximate surface area is 159 Å². The lowest BCUT2D eigenvalue weighted by atomic mass is 10.0. The Morgan fingerprint density at radius 3 is 2.00 bits per heavy atom. The van der Waals surface area contributed by atoms with Crippen LogP contribution in [0.3, 0.4) is 0 Å². The van der Waals surface area contributed by atoms with Crippen molar-refractivity contribution in [3.63, 3.8) is 0 Å². The zero-order chi connectivity index (χ0) is 21.9. The van der Waals surface area contributed by atoms with Crippen LogP contribution in [0.1, 0.15) is 38.3 Å². The third-order valence-corrected chi connectivity index (χ3v) is 3.71. The third kappa shape index (κ3) is 6.35. The van der Waals surface area contributed by atoms with E-state index in [1.165, 1.54) is 7.05 Å². The number of likely N-dealkylation sites (N-methyl/N-ethyl adjacent to an activating group) is 1. The van der Waals surface area contributed by atoms with Crippen molar-refractivity contribution >= 4 is 12.1 Å². The number of benzene rings is 1. The summed E-state index contributed by atoms with van der Waals surface area (Å²) in [7, 11) is 2.37. The molecular formula is C18H22F5NO4. The summed E-state index contributed by atoms with van der Waals surface area (Å²) in [6.07, 6.45) is -6.32. The molecule has 1 amide bonds. The minimum absolute atomic E-state index is 0.102. The van der Waals surface area contributed by atoms with Crippen molar-refractivity contribution in [2.75, 3.05) is 14.2 Å². The zero-order valence-electron chi connectivity index (χ0n) is 16.1. The number of carbonyl (C=O) groups excluding carboxylic acids is 2. The van der Waals surface area contributed by atoms with Crippen molar-refractivity contribution in [3.05, 3.63) is 34.9 Å². The highest BCUT2D eigenvalue weighted by Crippen LogP contribution is 2.34. The smallest absolute Gasteiger partial charge is 0.422 e. The maximum atomic E-state index is 13.7. The van der Waals surface area contributed by atoms with Gasteiger partial charge < -0.3 is 9.47 Å². The molecule has 1 atom stereocenters. The van der Waals surface area contributed by atoms with E-state index in [0.717, 1.165) is 12.0 Å². The molecular weight excluding hydrogens is 389 g/mol. The first kappa shape index (κ1) is 23.6. The molecule has 0 aliphatic rings. The lowest BCUT2D eigenvalue weighted by Crippen LogP contribution is -2.45. The second-order valence-electron chi connectivity index (χ2n) is 7.10. The van der Waals surface area contributed by atoms with Gasteiger partial charge in [-0.3, -0.25) is 4.90 Å². The molecule has 1 unspecified atom stereocenters. The van der Waals surface area contributed by atoms with E-state index < -0.39 is 47.1 Å². The maximum absolute atomic E-state index is 13.7. The fourth-order valence-electron chi connectivity index (χ4n) is 2.41. The molecule has 158 valence electrons. The largest absolute Gasteiger partial charge is 0.467 e. The van der Waals surface area contributed by atoms with Gasteiger partial charge in [0.25, 0.3) is 0 Å². The summed E-state index contributed by atoms with van der Waals surface area (Å²) in [6.45, 7) is 4.87. The highest BCUT2D eigenvalue weighted by Gasteiger charge is 2.38. The number of amides is 1. The fourth-order valence-corrected chi connectivity index (χ4v) is 2.41. The minimum atomic E-state index is -5.17. The molecule has 0 aliphatic heterocycles. The molecule has 5 nitrogen and oxygen atoms in total. The van der Waals surface area contributed by atoms with Gasteiger partial charge >= 0.3 is 18.2 Å². The van der Waals surface area contributed by atoms with Gasteiger partial charge in [-0.2, -0.15) is 13.2 Å². The highest BCUT2D eigenvalue weighted by atomic mass is 19.4. The number of halogens is 5. The maximum Gasteiger partial charge on any atom is 0.422 e. The quantitative estimate of drug-likeness (QED) is 0.535. The van der Waals surface area contributed by atoms with Crippen LogP contribution in [-0.2, 0) is 26.9 Å². The van der Waals surface area contributed by atoms with Crippen LogP contribution in [0.25, 0.3) is 0 Å². The highest BCUT2D eigenvalue weighted by molar-refractivity contribution is 5.81. The van der Waals surface area contributed by atoms with Crippen LogP contribution in [0.5, 0.6) is 0 Å². The summed E-state index contributed by atoms with van der Waals surface area (Å²) in [4.78, 5) is 25.1. The van der Waals surface area contributed by atoms with E-state index in [1.54, 1.807) is 20.8 Å². The topological polar surface area (TPSA) is 55.8 Å². The van der Waals surface area contributed by atoms with Gasteiger partial charge in [-0.1, -0.05) is 0 Å². The average molecular weight is 411 g/mol. The molecule has 0 spiro atoms. The molecule has 10 heteroatoms. The molecule has 0 aromatic heterocycles. The molecule has 1 aromatic carbocycles. The van der Waals surface area contributed by atoms with Crippen LogP contribution >= 0.6 is 0 Å². The Morgan fingerprint density at radius 2 is 1.61 bits per heavy atom. The number of aryl methyl sites for hydroxylation is 1. The van der Waals surface area contributed by atoms with Crippen LogP contribution in [-0.4, -0.2) is 42.8 Å². The number of methoxy groups -OCH3 is 1. The van der Waals surface area contributed by atoms with Gasteiger partial charge in [0.05, 0.1) is 7.11 Å². The van der Waals surface area contributed by atoms with E-state index in [2.05, 4.69) is 4.74 Å². The van der Waals surface area contributed by atoms with Crippen molar-refractivity contribution < 1.29 is 41.0 Å². The van der Waals surface area contributed by atoms with Gasteiger partial charge in [-0.05, 0) is 51.3 Å². The van der Waals surface area contributed by atoms with Crippen molar-refractivity contribution in [1.82, 2.24) is 4.90 Å². The fraction of sp³-hybridized carbons (Fsp3) is 0.556. The summed E-state index contributed by atoms with van der Waals surface area (Å²) in [6, 6.07) is -0.0604. The molecule has 0 saturated heterocycles. The van der Waals surface area contributed by atoms with Crippen LogP contribution < -0.4 is 0 Å². The lowest BCUT2D eigenvalue weighted by Gasteiger charge is -2.29. The minimum Gasteiger partial charge on any atom is -0.467 e. The summed E-state index contributed by atoms with van der Waals surface area (Å²) >= 11 is 0. The van der Waals surface area contributed by atoms with Crippen LogP contribution in [0.15, 0.2) is 12.1 Å². The Balaban J connectivity index is 3.01. The molecule has 28 heavy (non-hydrogen) atoms. The second kappa shape index (κ2) is 8.74. The van der Waals surface area contributed by atoms with Gasteiger partial charge in [-0.25, -0.2) is 18.4 Å². The molecule has 0 saturated carbocycles. The first-order valence-electron chi connectivity index (χ1n) is 8.26. The van der Waals surface area contributed by atoms with E-state index in [1.807, 2.05) is 0 Å². The van der Waals surface area contributed by atoms with E-state index in [4.69, 9.17) is 4.74 Å². The van der Waals surface area contributed by atoms with Crippen molar-refractivity contribution in [1.29, 1.82) is 0 Å². The molecule has 0 bridgehead atoms. The second-order valence-corrected chi connectivity index (χ2v) is 7.10. The van der Waals surface area contributed by atoms with E-state index in [0.29, 0.717) is 12.1 Å². The van der Waals surface area contributed by atoms with Crippen LogP contribution in [0.2, 0.25) is 0 Å². The number of esters is 1. The zero-order valence-corrected chi connectivity index (χ0v) is 16.1. The molecule has 0 N–H and O–H groups in total. The van der Waals surface area contributed by atoms with Crippen molar-refractivity contribution in [3.8, 4) is 0 Å². The Hall–Kier alpha value is -2.39. The number of carbonyl (C=O) groups is 2. The normalized spacial score (nSPS) is 13.1. The number of hydrogen-bond acceptors (Lipinski definition) is 4. The van der Waals surface area contributed by atoms with Gasteiger partial charge in [0, 0.05) is 7.05 Å². The van der Waals surface area contributed by atoms with Crippen LogP contribution in [0.4, 0.5) is 26.7 Å². The SMILES string of the molecule is COC(=O)C(CCc1cc(F)c(C(F)(F)F)c(F)c1)N(C)C(=O)OC(C)(C)C. The number of hydrogen-bond donors (Lipinski definition) is 0. The van der Waals surface area contributed by atoms with Crippen LogP contribution in [0, 0.1) is 11.6 Å². The number of nitrogens with zero attached hydrogens (tertiary/aromatic N) is 1. The molecule has 0 aliphatic carbocycles. The van der Waals surface area contributed by atoms with Gasteiger partial charge in [0.15, 0.2) is 0 Å². The Bertz CT molecular complexity index is 705. The average Bonchev–Trinajstić information content (AvgIpc) is 2.50. The Kier molecular flexibility index (Phi) is 7.38.